The van der Waals surface area contributed by atoms with Crippen LogP contribution in [0, 0.1) is 0 Å². The maximum absolute atomic E-state index is 4.14. The van der Waals surface area contributed by atoms with Gasteiger partial charge in [-0.1, -0.05) is 12.1 Å². The molecule has 0 saturated carbocycles. The molecular weight excluding hydrogens is 242 g/mol. The van der Waals surface area contributed by atoms with Crippen molar-refractivity contribution in [3.8, 4) is 5.69 Å². The van der Waals surface area contributed by atoms with Crippen LogP contribution in [-0.4, -0.2) is 30.0 Å². The van der Waals surface area contributed by atoms with Gasteiger partial charge in [0, 0.05) is 13.2 Å². The Labute approximate surface area is 109 Å². The summed E-state index contributed by atoms with van der Waals surface area (Å²) in [7, 11) is 1.92. The van der Waals surface area contributed by atoms with E-state index in [0.29, 0.717) is 6.54 Å². The topological polar surface area (TPSA) is 73.5 Å². The standard InChI is InChI=1S/C12H13N7/c1-18-10(6-7-15-18)8-13-11-4-2-3-5-12(11)19-9-14-16-17-19/h2-7,9,13H,8H2,1H3. The first-order chi connectivity index (χ1) is 9.34. The summed E-state index contributed by atoms with van der Waals surface area (Å²) in [6.45, 7) is 0.690. The van der Waals surface area contributed by atoms with Gasteiger partial charge < -0.3 is 5.32 Å². The largest absolute Gasteiger partial charge is 0.378 e. The molecule has 0 aliphatic carbocycles. The first kappa shape index (κ1) is 11.4. The molecule has 0 radical (unpaired) electrons. The fourth-order valence-corrected chi connectivity index (χ4v) is 1.86. The molecule has 0 unspecified atom stereocenters. The van der Waals surface area contributed by atoms with Gasteiger partial charge in [0.15, 0.2) is 0 Å². The fourth-order valence-electron chi connectivity index (χ4n) is 1.86. The van der Waals surface area contributed by atoms with E-state index in [2.05, 4.69) is 25.9 Å². The molecule has 1 N–H and O–H groups in total. The van der Waals surface area contributed by atoms with Crippen molar-refractivity contribution in [2.45, 2.75) is 6.54 Å². The highest BCUT2D eigenvalue weighted by Gasteiger charge is 2.05. The number of hydrogen-bond acceptors (Lipinski definition) is 5. The molecule has 0 spiro atoms. The number of benzene rings is 1. The first-order valence-corrected chi connectivity index (χ1v) is 5.88. The van der Waals surface area contributed by atoms with Gasteiger partial charge in [-0.25, -0.2) is 0 Å². The van der Waals surface area contributed by atoms with Crippen molar-refractivity contribution < 1.29 is 0 Å². The molecule has 2 heterocycles. The Balaban J connectivity index is 1.84. The number of nitrogens with one attached hydrogen (secondary N) is 1. The van der Waals surface area contributed by atoms with Crippen LogP contribution in [-0.2, 0) is 13.6 Å². The van der Waals surface area contributed by atoms with Crippen molar-refractivity contribution >= 4 is 5.69 Å². The highest BCUT2D eigenvalue weighted by atomic mass is 15.5. The van der Waals surface area contributed by atoms with Crippen LogP contribution >= 0.6 is 0 Å². The molecular formula is C12H13N7. The number of aryl methyl sites for hydroxylation is 1. The molecule has 0 saturated heterocycles. The van der Waals surface area contributed by atoms with E-state index in [-0.39, 0.29) is 0 Å². The summed E-state index contributed by atoms with van der Waals surface area (Å²) in [5, 5.41) is 18.7. The number of rotatable bonds is 4. The van der Waals surface area contributed by atoms with Gasteiger partial charge in [-0.2, -0.15) is 9.78 Å². The zero-order valence-electron chi connectivity index (χ0n) is 10.4. The first-order valence-electron chi connectivity index (χ1n) is 5.88. The Bertz CT molecular complexity index is 656. The van der Waals surface area contributed by atoms with Crippen molar-refractivity contribution in [3.05, 3.63) is 48.5 Å². The molecule has 3 rings (SSSR count). The summed E-state index contributed by atoms with van der Waals surface area (Å²) in [6.07, 6.45) is 3.36. The average Bonchev–Trinajstić information content (AvgIpc) is 3.08. The third-order valence-corrected chi connectivity index (χ3v) is 2.88. The summed E-state index contributed by atoms with van der Waals surface area (Å²) < 4.78 is 3.47. The highest BCUT2D eigenvalue weighted by Crippen LogP contribution is 2.19. The molecule has 1 aromatic carbocycles. The Morgan fingerprint density at radius 2 is 2.11 bits per heavy atom. The van der Waals surface area contributed by atoms with E-state index in [4.69, 9.17) is 0 Å². The Morgan fingerprint density at radius 1 is 1.21 bits per heavy atom. The number of anilines is 1. The van der Waals surface area contributed by atoms with E-state index in [9.17, 15) is 0 Å². The van der Waals surface area contributed by atoms with Crippen molar-refractivity contribution in [1.29, 1.82) is 0 Å². The normalized spacial score (nSPS) is 10.6. The number of para-hydroxylation sites is 2. The minimum Gasteiger partial charge on any atom is -0.378 e. The predicted octanol–water partition coefficient (Wildman–Crippen LogP) is 1.01. The quantitative estimate of drug-likeness (QED) is 0.753. The zero-order valence-corrected chi connectivity index (χ0v) is 10.4. The average molecular weight is 255 g/mol. The van der Waals surface area contributed by atoms with Crippen molar-refractivity contribution in [1.82, 2.24) is 30.0 Å². The summed E-state index contributed by atoms with van der Waals surface area (Å²) >= 11 is 0. The van der Waals surface area contributed by atoms with Gasteiger partial charge in [-0.15, -0.1) is 5.10 Å². The van der Waals surface area contributed by atoms with E-state index >= 15 is 0 Å². The molecule has 0 aliphatic heterocycles. The molecule has 0 atom stereocenters. The molecule has 7 nitrogen and oxygen atoms in total. The van der Waals surface area contributed by atoms with Gasteiger partial charge >= 0.3 is 0 Å². The van der Waals surface area contributed by atoms with Crippen LogP contribution in [0.25, 0.3) is 5.69 Å². The Morgan fingerprint density at radius 3 is 2.84 bits per heavy atom. The Hall–Kier alpha value is -2.70. The lowest BCUT2D eigenvalue weighted by Crippen LogP contribution is -2.08. The van der Waals surface area contributed by atoms with Crippen LogP contribution in [0.5, 0.6) is 0 Å². The summed E-state index contributed by atoms with van der Waals surface area (Å²) in [5.41, 5.74) is 2.98. The lowest BCUT2D eigenvalue weighted by atomic mass is 10.2. The van der Waals surface area contributed by atoms with Crippen LogP contribution in [0.1, 0.15) is 5.69 Å². The van der Waals surface area contributed by atoms with Crippen LogP contribution in [0.3, 0.4) is 0 Å². The van der Waals surface area contributed by atoms with Gasteiger partial charge in [-0.3, -0.25) is 4.68 Å². The third kappa shape index (κ3) is 2.30. The van der Waals surface area contributed by atoms with Gasteiger partial charge in [0.2, 0.25) is 0 Å². The third-order valence-electron chi connectivity index (χ3n) is 2.88. The van der Waals surface area contributed by atoms with E-state index in [1.807, 2.05) is 42.1 Å². The molecule has 2 aromatic heterocycles. The monoisotopic (exact) mass is 255 g/mol. The maximum Gasteiger partial charge on any atom is 0.143 e. The van der Waals surface area contributed by atoms with E-state index in [0.717, 1.165) is 17.1 Å². The van der Waals surface area contributed by atoms with Gasteiger partial charge in [0.25, 0.3) is 0 Å². The number of hydrogen-bond donors (Lipinski definition) is 1. The molecule has 0 fully saturated rings. The van der Waals surface area contributed by atoms with E-state index < -0.39 is 0 Å². The lowest BCUT2D eigenvalue weighted by Gasteiger charge is -2.11. The predicted molar refractivity (Wildman–Crippen MR) is 69.7 cm³/mol. The summed E-state index contributed by atoms with van der Waals surface area (Å²) in [4.78, 5) is 0. The number of nitrogens with zero attached hydrogens (tertiary/aromatic N) is 6. The minimum atomic E-state index is 0.690. The maximum atomic E-state index is 4.14. The van der Waals surface area contributed by atoms with Crippen LogP contribution < -0.4 is 5.32 Å². The van der Waals surface area contributed by atoms with Crippen LogP contribution in [0.4, 0.5) is 5.69 Å². The van der Waals surface area contributed by atoms with Crippen LogP contribution in [0.2, 0.25) is 0 Å². The summed E-state index contributed by atoms with van der Waals surface area (Å²) in [5.74, 6) is 0. The molecule has 0 amide bonds. The van der Waals surface area contributed by atoms with Gasteiger partial charge in [0.1, 0.15) is 6.33 Å². The molecule has 3 aromatic rings. The van der Waals surface area contributed by atoms with Gasteiger partial charge in [0.05, 0.1) is 23.6 Å². The molecule has 0 bridgehead atoms. The van der Waals surface area contributed by atoms with Crippen molar-refractivity contribution in [3.63, 3.8) is 0 Å². The number of aromatic nitrogens is 6. The second kappa shape index (κ2) is 4.89. The second-order valence-electron chi connectivity index (χ2n) is 4.07. The van der Waals surface area contributed by atoms with Crippen molar-refractivity contribution in [2.75, 3.05) is 5.32 Å². The summed E-state index contributed by atoms with van der Waals surface area (Å²) in [6, 6.07) is 9.85. The number of tetrazole rings is 1. The molecule has 7 heteroatoms. The Kier molecular flexibility index (Phi) is 2.93. The second-order valence-corrected chi connectivity index (χ2v) is 4.07. The lowest BCUT2D eigenvalue weighted by molar-refractivity contribution is 0.720. The zero-order chi connectivity index (χ0) is 13.1. The van der Waals surface area contributed by atoms with Crippen LogP contribution in [0.15, 0.2) is 42.9 Å². The molecule has 0 aliphatic rings. The highest BCUT2D eigenvalue weighted by molar-refractivity contribution is 5.60. The molecule has 96 valence electrons. The van der Waals surface area contributed by atoms with E-state index in [1.165, 1.54) is 0 Å². The molecule has 19 heavy (non-hydrogen) atoms. The van der Waals surface area contributed by atoms with Crippen molar-refractivity contribution in [2.24, 2.45) is 7.05 Å². The minimum absolute atomic E-state index is 0.690. The van der Waals surface area contributed by atoms with E-state index in [1.54, 1.807) is 17.2 Å². The fraction of sp³-hybridized carbons (Fsp3) is 0.167. The van der Waals surface area contributed by atoms with Gasteiger partial charge in [-0.05, 0) is 28.6 Å². The smallest absolute Gasteiger partial charge is 0.143 e. The SMILES string of the molecule is Cn1nccc1CNc1ccccc1-n1cnnn1.